The molecule has 0 saturated carbocycles. The molecule has 0 saturated heterocycles. The summed E-state index contributed by atoms with van der Waals surface area (Å²) in [5, 5.41) is 0. The standard InChI is InChI=1S/C18H21N/c1-18(2,3)12-8-9-15-13-6-4-5-7-14(13)17(11-19)16(15)10-12/h4-10,17H,11,19H2,1-3H3. The molecule has 98 valence electrons. The molecule has 1 aliphatic carbocycles. The Morgan fingerprint density at radius 3 is 2.32 bits per heavy atom. The van der Waals surface area contributed by atoms with Crippen molar-refractivity contribution in [3.8, 4) is 11.1 Å². The van der Waals surface area contributed by atoms with Gasteiger partial charge < -0.3 is 5.73 Å². The Labute approximate surface area is 115 Å². The molecule has 1 nitrogen and oxygen atoms in total. The molecule has 0 aromatic heterocycles. The van der Waals surface area contributed by atoms with Crippen LogP contribution < -0.4 is 5.73 Å². The normalized spacial score (nSPS) is 17.2. The Morgan fingerprint density at radius 1 is 0.947 bits per heavy atom. The number of hydrogen-bond acceptors (Lipinski definition) is 1. The summed E-state index contributed by atoms with van der Waals surface area (Å²) in [6.07, 6.45) is 0. The second-order valence-electron chi connectivity index (χ2n) is 6.43. The van der Waals surface area contributed by atoms with Crippen molar-refractivity contribution in [2.75, 3.05) is 6.54 Å². The van der Waals surface area contributed by atoms with Gasteiger partial charge in [0.1, 0.15) is 0 Å². The van der Waals surface area contributed by atoms with Crippen LogP contribution in [0.25, 0.3) is 11.1 Å². The topological polar surface area (TPSA) is 26.0 Å². The zero-order chi connectivity index (χ0) is 13.6. The highest BCUT2D eigenvalue weighted by molar-refractivity contribution is 5.79. The van der Waals surface area contributed by atoms with Crippen LogP contribution in [0.1, 0.15) is 43.4 Å². The highest BCUT2D eigenvalue weighted by Gasteiger charge is 2.28. The fourth-order valence-electron chi connectivity index (χ4n) is 3.03. The first kappa shape index (κ1) is 12.4. The summed E-state index contributed by atoms with van der Waals surface area (Å²) < 4.78 is 0. The zero-order valence-electron chi connectivity index (χ0n) is 11.9. The number of rotatable bonds is 1. The van der Waals surface area contributed by atoms with Crippen LogP contribution in [0.2, 0.25) is 0 Å². The third-order valence-corrected chi connectivity index (χ3v) is 4.16. The Kier molecular flexibility index (Phi) is 2.75. The Hall–Kier alpha value is -1.60. The van der Waals surface area contributed by atoms with Crippen molar-refractivity contribution in [2.45, 2.75) is 32.1 Å². The molecule has 0 amide bonds. The van der Waals surface area contributed by atoms with Crippen LogP contribution >= 0.6 is 0 Å². The molecule has 0 aliphatic heterocycles. The molecule has 1 atom stereocenters. The van der Waals surface area contributed by atoms with E-state index >= 15 is 0 Å². The minimum atomic E-state index is 0.183. The van der Waals surface area contributed by atoms with Crippen molar-refractivity contribution in [1.82, 2.24) is 0 Å². The molecule has 2 aromatic rings. The minimum Gasteiger partial charge on any atom is -0.330 e. The SMILES string of the molecule is CC(C)(C)c1ccc2c(c1)C(CN)c1ccccc1-2. The lowest BCUT2D eigenvalue weighted by Crippen LogP contribution is -2.14. The lowest BCUT2D eigenvalue weighted by molar-refractivity contribution is 0.589. The van der Waals surface area contributed by atoms with Gasteiger partial charge in [-0.25, -0.2) is 0 Å². The Balaban J connectivity index is 2.20. The van der Waals surface area contributed by atoms with Gasteiger partial charge in [-0.3, -0.25) is 0 Å². The highest BCUT2D eigenvalue weighted by Crippen LogP contribution is 2.45. The first-order valence-electron chi connectivity index (χ1n) is 6.96. The number of benzene rings is 2. The van der Waals surface area contributed by atoms with E-state index in [0.717, 1.165) is 0 Å². The van der Waals surface area contributed by atoms with Crippen molar-refractivity contribution in [1.29, 1.82) is 0 Å². The second-order valence-corrected chi connectivity index (χ2v) is 6.43. The third kappa shape index (κ3) is 1.89. The van der Waals surface area contributed by atoms with Crippen molar-refractivity contribution in [2.24, 2.45) is 5.73 Å². The van der Waals surface area contributed by atoms with Gasteiger partial charge in [-0.05, 0) is 33.2 Å². The fourth-order valence-corrected chi connectivity index (χ4v) is 3.03. The van der Waals surface area contributed by atoms with Crippen LogP contribution in [0.15, 0.2) is 42.5 Å². The van der Waals surface area contributed by atoms with E-state index in [1.807, 2.05) is 0 Å². The quantitative estimate of drug-likeness (QED) is 0.812. The van der Waals surface area contributed by atoms with Gasteiger partial charge in [0.25, 0.3) is 0 Å². The summed E-state index contributed by atoms with van der Waals surface area (Å²) in [4.78, 5) is 0. The molecule has 1 aliphatic rings. The van der Waals surface area contributed by atoms with Crippen molar-refractivity contribution < 1.29 is 0 Å². The van der Waals surface area contributed by atoms with E-state index in [9.17, 15) is 0 Å². The predicted molar refractivity (Wildman–Crippen MR) is 81.5 cm³/mol. The largest absolute Gasteiger partial charge is 0.330 e. The number of fused-ring (bicyclic) bond motifs is 3. The van der Waals surface area contributed by atoms with E-state index in [1.54, 1.807) is 0 Å². The summed E-state index contributed by atoms with van der Waals surface area (Å²) in [5.41, 5.74) is 13.1. The molecule has 0 fully saturated rings. The molecule has 0 bridgehead atoms. The second kappa shape index (κ2) is 4.21. The molecule has 2 aromatic carbocycles. The van der Waals surface area contributed by atoms with Crippen molar-refractivity contribution in [3.63, 3.8) is 0 Å². The van der Waals surface area contributed by atoms with Crippen LogP contribution in [0, 0.1) is 0 Å². The minimum absolute atomic E-state index is 0.183. The van der Waals surface area contributed by atoms with Crippen LogP contribution in [-0.4, -0.2) is 6.54 Å². The van der Waals surface area contributed by atoms with Crippen LogP contribution in [0.4, 0.5) is 0 Å². The summed E-state index contributed by atoms with van der Waals surface area (Å²) >= 11 is 0. The van der Waals surface area contributed by atoms with Gasteiger partial charge in [0.05, 0.1) is 0 Å². The van der Waals surface area contributed by atoms with Crippen molar-refractivity contribution >= 4 is 0 Å². The molecule has 0 heterocycles. The van der Waals surface area contributed by atoms with E-state index < -0.39 is 0 Å². The maximum atomic E-state index is 6.02. The van der Waals surface area contributed by atoms with Gasteiger partial charge in [0, 0.05) is 12.5 Å². The highest BCUT2D eigenvalue weighted by atomic mass is 14.6. The van der Waals surface area contributed by atoms with E-state index in [1.165, 1.54) is 27.8 Å². The van der Waals surface area contributed by atoms with Crippen LogP contribution in [0.3, 0.4) is 0 Å². The van der Waals surface area contributed by atoms with Gasteiger partial charge in [-0.2, -0.15) is 0 Å². The first-order chi connectivity index (χ1) is 9.02. The van der Waals surface area contributed by atoms with E-state index in [4.69, 9.17) is 5.73 Å². The molecule has 1 unspecified atom stereocenters. The monoisotopic (exact) mass is 251 g/mol. The molecule has 0 radical (unpaired) electrons. The Bertz CT molecular complexity index is 620. The predicted octanol–water partition coefficient (Wildman–Crippen LogP) is 4.06. The molecular weight excluding hydrogens is 230 g/mol. The lowest BCUT2D eigenvalue weighted by Gasteiger charge is -2.21. The smallest absolute Gasteiger partial charge is 0.0224 e. The maximum absolute atomic E-state index is 6.02. The summed E-state index contributed by atoms with van der Waals surface area (Å²) in [6.45, 7) is 7.45. The third-order valence-electron chi connectivity index (χ3n) is 4.16. The maximum Gasteiger partial charge on any atom is 0.0224 e. The van der Waals surface area contributed by atoms with Gasteiger partial charge >= 0.3 is 0 Å². The first-order valence-corrected chi connectivity index (χ1v) is 6.96. The molecule has 3 rings (SSSR count). The average molecular weight is 251 g/mol. The zero-order valence-corrected chi connectivity index (χ0v) is 11.9. The summed E-state index contributed by atoms with van der Waals surface area (Å²) in [7, 11) is 0. The molecule has 0 spiro atoms. The Morgan fingerprint density at radius 2 is 1.63 bits per heavy atom. The summed E-state index contributed by atoms with van der Waals surface area (Å²) in [6, 6.07) is 15.5. The lowest BCUT2D eigenvalue weighted by atomic mass is 9.84. The van der Waals surface area contributed by atoms with Gasteiger partial charge in [0.15, 0.2) is 0 Å². The molecule has 1 heteroatoms. The molecule has 19 heavy (non-hydrogen) atoms. The molecular formula is C18H21N. The van der Waals surface area contributed by atoms with E-state index in [0.29, 0.717) is 12.5 Å². The van der Waals surface area contributed by atoms with Gasteiger partial charge in [0.2, 0.25) is 0 Å². The van der Waals surface area contributed by atoms with Crippen LogP contribution in [0.5, 0.6) is 0 Å². The van der Waals surface area contributed by atoms with E-state index in [2.05, 4.69) is 63.2 Å². The average Bonchev–Trinajstić information content (AvgIpc) is 2.70. The number of hydrogen-bond donors (Lipinski definition) is 1. The van der Waals surface area contributed by atoms with Gasteiger partial charge in [-0.1, -0.05) is 63.2 Å². The fraction of sp³-hybridized carbons (Fsp3) is 0.333. The van der Waals surface area contributed by atoms with E-state index in [-0.39, 0.29) is 5.41 Å². The van der Waals surface area contributed by atoms with Gasteiger partial charge in [-0.15, -0.1) is 0 Å². The van der Waals surface area contributed by atoms with Crippen molar-refractivity contribution in [3.05, 3.63) is 59.2 Å². The molecule has 2 N–H and O–H groups in total. The van der Waals surface area contributed by atoms with Crippen LogP contribution in [-0.2, 0) is 5.41 Å². The number of nitrogens with two attached hydrogens (primary N) is 1. The summed E-state index contributed by atoms with van der Waals surface area (Å²) in [5.74, 6) is 0.355.